The number of nitrogens with zero attached hydrogens (tertiary/aromatic N) is 1. The summed E-state index contributed by atoms with van der Waals surface area (Å²) < 4.78 is 0. The third-order valence-electron chi connectivity index (χ3n) is 1.63. The second kappa shape index (κ2) is 4.24. The molecule has 0 saturated heterocycles. The van der Waals surface area contributed by atoms with Crippen molar-refractivity contribution in [1.82, 2.24) is 0 Å². The highest BCUT2D eigenvalue weighted by Crippen LogP contribution is 2.17. The molecule has 1 N–H and O–H groups in total. The maximum absolute atomic E-state index is 10.7. The highest BCUT2D eigenvalue weighted by Gasteiger charge is 1.99. The van der Waals surface area contributed by atoms with Gasteiger partial charge in [-0.25, -0.2) is 4.85 Å². The first-order valence-corrected chi connectivity index (χ1v) is 4.02. The molecule has 0 aliphatic rings. The average Bonchev–Trinajstić information content (AvgIpc) is 2.17. The molecule has 0 amide bonds. The zero-order chi connectivity index (χ0) is 10.6. The minimum atomic E-state index is -0.211. The summed E-state index contributed by atoms with van der Waals surface area (Å²) in [4.78, 5) is 13.9. The van der Waals surface area contributed by atoms with Crippen LogP contribution >= 0.6 is 0 Å². The summed E-state index contributed by atoms with van der Waals surface area (Å²) in [6.45, 7) is 8.09. The van der Waals surface area contributed by atoms with Crippen molar-refractivity contribution in [3.05, 3.63) is 47.3 Å². The van der Waals surface area contributed by atoms with Gasteiger partial charge in [-0.3, -0.25) is 4.79 Å². The van der Waals surface area contributed by atoms with Gasteiger partial charge in [0.2, 0.25) is 0 Å². The van der Waals surface area contributed by atoms with Gasteiger partial charge < -0.3 is 5.11 Å². The summed E-state index contributed by atoms with van der Waals surface area (Å²) in [6.07, 6.45) is 1.15. The molecule has 0 heterocycles. The van der Waals surface area contributed by atoms with Crippen molar-refractivity contribution in [1.29, 1.82) is 0 Å². The molecule has 3 nitrogen and oxygen atoms in total. The Morgan fingerprint density at radius 2 is 2.00 bits per heavy atom. The fourth-order valence-electron chi connectivity index (χ4n) is 0.983. The first kappa shape index (κ1) is 10.0. The molecule has 70 valence electrons. The third kappa shape index (κ3) is 2.46. The molecule has 0 aromatic heterocycles. The van der Waals surface area contributed by atoms with Gasteiger partial charge in [0.25, 0.3) is 0 Å². The summed E-state index contributed by atoms with van der Waals surface area (Å²) in [5.41, 5.74) is 1.04. The standard InChI is InChI=1S/C11H9NO2/c1-8(13)7-11(14)9-3-5-10(12-2)6-4-9/h3-7,14H,1H3. The molecule has 0 aliphatic heterocycles. The van der Waals surface area contributed by atoms with E-state index in [-0.39, 0.29) is 11.5 Å². The van der Waals surface area contributed by atoms with E-state index in [1.807, 2.05) is 0 Å². The first-order valence-electron chi connectivity index (χ1n) is 4.02. The van der Waals surface area contributed by atoms with Gasteiger partial charge in [0.15, 0.2) is 11.5 Å². The molecule has 0 unspecified atom stereocenters. The third-order valence-corrected chi connectivity index (χ3v) is 1.63. The quantitative estimate of drug-likeness (QED) is 0.439. The van der Waals surface area contributed by atoms with Crippen LogP contribution in [0.15, 0.2) is 30.3 Å². The number of carbonyl (C=O) groups is 1. The van der Waals surface area contributed by atoms with Crippen LogP contribution in [-0.4, -0.2) is 10.9 Å². The van der Waals surface area contributed by atoms with Crippen LogP contribution in [0.5, 0.6) is 0 Å². The number of hydrogen-bond acceptors (Lipinski definition) is 2. The van der Waals surface area contributed by atoms with E-state index in [1.165, 1.54) is 6.92 Å². The van der Waals surface area contributed by atoms with Crippen molar-refractivity contribution < 1.29 is 9.90 Å². The van der Waals surface area contributed by atoms with Crippen LogP contribution in [-0.2, 0) is 4.79 Å². The summed E-state index contributed by atoms with van der Waals surface area (Å²) in [5.74, 6) is -0.286. The van der Waals surface area contributed by atoms with E-state index in [2.05, 4.69) is 4.85 Å². The second-order valence-corrected chi connectivity index (χ2v) is 2.80. The van der Waals surface area contributed by atoms with Gasteiger partial charge in [-0.05, 0) is 6.92 Å². The van der Waals surface area contributed by atoms with E-state index >= 15 is 0 Å². The van der Waals surface area contributed by atoms with E-state index in [1.54, 1.807) is 24.3 Å². The molecule has 0 bridgehead atoms. The van der Waals surface area contributed by atoms with Crippen LogP contribution in [0.4, 0.5) is 5.69 Å². The van der Waals surface area contributed by atoms with Crippen molar-refractivity contribution in [2.75, 3.05) is 0 Å². The average molecular weight is 187 g/mol. The van der Waals surface area contributed by atoms with Crippen LogP contribution in [0, 0.1) is 6.57 Å². The van der Waals surface area contributed by atoms with Gasteiger partial charge >= 0.3 is 0 Å². The lowest BCUT2D eigenvalue weighted by Gasteiger charge is -1.98. The number of hydrogen-bond donors (Lipinski definition) is 1. The fourth-order valence-corrected chi connectivity index (χ4v) is 0.983. The Bertz CT molecular complexity index is 410. The first-order chi connectivity index (χ1) is 6.63. The van der Waals surface area contributed by atoms with E-state index in [0.717, 1.165) is 6.08 Å². The van der Waals surface area contributed by atoms with Crippen LogP contribution in [0.25, 0.3) is 10.6 Å². The predicted molar refractivity (Wildman–Crippen MR) is 54.0 cm³/mol. The Morgan fingerprint density at radius 1 is 1.43 bits per heavy atom. The highest BCUT2D eigenvalue weighted by atomic mass is 16.3. The highest BCUT2D eigenvalue weighted by molar-refractivity contribution is 5.93. The smallest absolute Gasteiger partial charge is 0.187 e. The van der Waals surface area contributed by atoms with Crippen molar-refractivity contribution in [2.45, 2.75) is 6.92 Å². The van der Waals surface area contributed by atoms with Crippen molar-refractivity contribution in [3.63, 3.8) is 0 Å². The maximum atomic E-state index is 10.7. The predicted octanol–water partition coefficient (Wildman–Crippen LogP) is 2.73. The zero-order valence-corrected chi connectivity index (χ0v) is 7.69. The molecule has 1 rings (SSSR count). The molecule has 14 heavy (non-hydrogen) atoms. The topological polar surface area (TPSA) is 41.7 Å². The number of carbonyl (C=O) groups excluding carboxylic acids is 1. The molecule has 0 atom stereocenters. The molecule has 3 heteroatoms. The van der Waals surface area contributed by atoms with Crippen LogP contribution < -0.4 is 0 Å². The van der Waals surface area contributed by atoms with Gasteiger partial charge in [-0.1, -0.05) is 24.3 Å². The lowest BCUT2D eigenvalue weighted by molar-refractivity contribution is -0.112. The molecule has 0 radical (unpaired) electrons. The Hall–Kier alpha value is -2.08. The molecular weight excluding hydrogens is 178 g/mol. The minimum Gasteiger partial charge on any atom is -0.507 e. The van der Waals surface area contributed by atoms with Crippen molar-refractivity contribution >= 4 is 17.2 Å². The van der Waals surface area contributed by atoms with E-state index < -0.39 is 0 Å². The number of benzene rings is 1. The maximum Gasteiger partial charge on any atom is 0.187 e. The molecular formula is C11H9NO2. The molecule has 1 aromatic carbocycles. The Morgan fingerprint density at radius 3 is 2.43 bits per heavy atom. The van der Waals surface area contributed by atoms with Gasteiger partial charge in [-0.15, -0.1) is 0 Å². The van der Waals surface area contributed by atoms with E-state index in [9.17, 15) is 9.90 Å². The largest absolute Gasteiger partial charge is 0.507 e. The summed E-state index contributed by atoms with van der Waals surface area (Å²) in [7, 11) is 0. The normalized spacial score (nSPS) is 10.7. The fraction of sp³-hybridized carbons (Fsp3) is 0.0909. The minimum absolute atomic E-state index is 0.0750. The Balaban J connectivity index is 2.99. The SMILES string of the molecule is [C-]#[N+]c1ccc(C(O)=CC(C)=O)cc1. The van der Waals surface area contributed by atoms with Crippen LogP contribution in [0.1, 0.15) is 12.5 Å². The molecule has 0 fully saturated rings. The monoisotopic (exact) mass is 187 g/mol. The number of aliphatic hydroxyl groups excluding tert-OH is 1. The summed E-state index contributed by atoms with van der Waals surface area (Å²) in [6, 6.07) is 6.38. The lowest BCUT2D eigenvalue weighted by Crippen LogP contribution is -1.87. The van der Waals surface area contributed by atoms with Gasteiger partial charge in [-0.2, -0.15) is 0 Å². The second-order valence-electron chi connectivity index (χ2n) is 2.80. The number of aliphatic hydroxyl groups is 1. The molecule has 0 saturated carbocycles. The van der Waals surface area contributed by atoms with Crippen molar-refractivity contribution in [3.8, 4) is 0 Å². The van der Waals surface area contributed by atoms with Crippen molar-refractivity contribution in [2.24, 2.45) is 0 Å². The number of ketones is 1. The zero-order valence-electron chi connectivity index (χ0n) is 7.69. The van der Waals surface area contributed by atoms with E-state index in [0.29, 0.717) is 11.3 Å². The molecule has 0 aliphatic carbocycles. The number of allylic oxidation sites excluding steroid dienone is 1. The van der Waals surface area contributed by atoms with Gasteiger partial charge in [0.05, 0.1) is 6.57 Å². The Kier molecular flexibility index (Phi) is 3.03. The van der Waals surface area contributed by atoms with Crippen LogP contribution in [0.3, 0.4) is 0 Å². The summed E-state index contributed by atoms with van der Waals surface area (Å²) >= 11 is 0. The Labute approximate surface area is 82.1 Å². The summed E-state index contributed by atoms with van der Waals surface area (Å²) in [5, 5.41) is 9.42. The van der Waals surface area contributed by atoms with Gasteiger partial charge in [0, 0.05) is 11.6 Å². The molecule has 1 aromatic rings. The van der Waals surface area contributed by atoms with Gasteiger partial charge in [0.1, 0.15) is 5.76 Å². The van der Waals surface area contributed by atoms with Crippen LogP contribution in [0.2, 0.25) is 0 Å². The lowest BCUT2D eigenvalue weighted by atomic mass is 10.1. The van der Waals surface area contributed by atoms with E-state index in [4.69, 9.17) is 6.57 Å². The molecule has 0 spiro atoms. The number of rotatable bonds is 2.